The Morgan fingerprint density at radius 1 is 0.472 bits per heavy atom. The Balaban J connectivity index is 0.000000201. The van der Waals surface area contributed by atoms with E-state index in [9.17, 15) is 16.8 Å². The van der Waals surface area contributed by atoms with Crippen LogP contribution in [0.1, 0.15) is 0 Å². The van der Waals surface area contributed by atoms with E-state index in [-0.39, 0.29) is 9.79 Å². The minimum Gasteiger partial charge on any atom is -0.495 e. The summed E-state index contributed by atoms with van der Waals surface area (Å²) < 4.78 is 63.6. The maximum atomic E-state index is 12.1. The fourth-order valence-electron chi connectivity index (χ4n) is 3.06. The number of methoxy groups -OCH3 is 2. The van der Waals surface area contributed by atoms with Gasteiger partial charge in [-0.15, -0.1) is 0 Å². The van der Waals surface area contributed by atoms with Gasteiger partial charge in [0.25, 0.3) is 20.0 Å². The number of hydrogen-bond acceptors (Lipinski definition) is 6. The smallest absolute Gasteiger partial charge is 0.262 e. The maximum Gasteiger partial charge on any atom is 0.262 e. The second-order valence-corrected chi connectivity index (χ2v) is 10.6. The van der Waals surface area contributed by atoms with Crippen LogP contribution in [0.25, 0.3) is 0 Å². The molecule has 10 heteroatoms. The van der Waals surface area contributed by atoms with Crippen LogP contribution in [0.3, 0.4) is 0 Å². The van der Waals surface area contributed by atoms with Crippen LogP contribution in [0, 0.1) is 0 Å². The van der Waals surface area contributed by atoms with Crippen LogP contribution in [0.4, 0.5) is 11.4 Å². The van der Waals surface area contributed by atoms with Gasteiger partial charge in [-0.05, 0) is 48.5 Å². The Morgan fingerprint density at radius 2 is 0.778 bits per heavy atom. The summed E-state index contributed by atoms with van der Waals surface area (Å²) >= 11 is 0. The zero-order chi connectivity index (χ0) is 26.0. The lowest BCUT2D eigenvalue weighted by Crippen LogP contribution is -2.13. The quantitative estimate of drug-likeness (QED) is 0.335. The van der Waals surface area contributed by atoms with Gasteiger partial charge in [0.2, 0.25) is 0 Å². The summed E-state index contributed by atoms with van der Waals surface area (Å²) in [5, 5.41) is 0. The largest absolute Gasteiger partial charge is 0.495 e. The molecule has 4 rings (SSSR count). The van der Waals surface area contributed by atoms with Gasteiger partial charge in [-0.2, -0.15) is 0 Å². The highest BCUT2D eigenvalue weighted by Crippen LogP contribution is 2.27. The summed E-state index contributed by atoms with van der Waals surface area (Å²) in [7, 11) is -4.16. The number of hydrogen-bond donors (Lipinski definition) is 2. The molecule has 0 bridgehead atoms. The molecular formula is C26H26N2O6S2. The molecule has 0 spiro atoms. The highest BCUT2D eigenvalue weighted by Gasteiger charge is 2.16. The van der Waals surface area contributed by atoms with Gasteiger partial charge >= 0.3 is 0 Å². The molecular weight excluding hydrogens is 500 g/mol. The third-order valence-electron chi connectivity index (χ3n) is 4.81. The number of anilines is 2. The second kappa shape index (κ2) is 12.1. The van der Waals surface area contributed by atoms with Crippen LogP contribution in [0.2, 0.25) is 0 Å². The Kier molecular flexibility index (Phi) is 8.93. The van der Waals surface area contributed by atoms with Crippen LogP contribution in [0.5, 0.6) is 11.5 Å². The zero-order valence-corrected chi connectivity index (χ0v) is 21.3. The molecule has 2 N–H and O–H groups in total. The maximum absolute atomic E-state index is 12.1. The monoisotopic (exact) mass is 526 g/mol. The number of benzene rings is 4. The summed E-state index contributed by atoms with van der Waals surface area (Å²) in [5.74, 6) is 0.967. The van der Waals surface area contributed by atoms with Gasteiger partial charge in [-0.1, -0.05) is 60.7 Å². The molecule has 0 unspecified atom stereocenters. The Labute approximate surface area is 211 Å². The summed E-state index contributed by atoms with van der Waals surface area (Å²) in [6, 6.07) is 30.1. The fraction of sp³-hybridized carbons (Fsp3) is 0.0769. The van der Waals surface area contributed by atoms with Crippen molar-refractivity contribution in [2.75, 3.05) is 23.7 Å². The predicted molar refractivity (Wildman–Crippen MR) is 140 cm³/mol. The van der Waals surface area contributed by atoms with E-state index >= 15 is 0 Å². The van der Waals surface area contributed by atoms with Crippen LogP contribution >= 0.6 is 0 Å². The van der Waals surface area contributed by atoms with Crippen LogP contribution in [0.15, 0.2) is 119 Å². The van der Waals surface area contributed by atoms with Crippen molar-refractivity contribution >= 4 is 31.4 Å². The molecule has 4 aromatic rings. The molecule has 0 saturated carbocycles. The Morgan fingerprint density at radius 3 is 1.11 bits per heavy atom. The number of ether oxygens (including phenoxy) is 2. The van der Waals surface area contributed by atoms with Gasteiger partial charge in [0.1, 0.15) is 11.5 Å². The lowest BCUT2D eigenvalue weighted by Gasteiger charge is -2.11. The molecule has 0 aliphatic heterocycles. The molecule has 0 saturated heterocycles. The van der Waals surface area contributed by atoms with E-state index in [2.05, 4.69) is 9.44 Å². The highest BCUT2D eigenvalue weighted by atomic mass is 32.2. The molecule has 0 aliphatic rings. The molecule has 0 heterocycles. The van der Waals surface area contributed by atoms with E-state index < -0.39 is 20.0 Å². The minimum absolute atomic E-state index is 0.218. The SMILES string of the molecule is COc1ccccc1NS(=O)(=O)c1ccccc1.COc1ccccc1NS(=O)(=O)c1ccccc1. The molecule has 188 valence electrons. The molecule has 0 aromatic heterocycles. The van der Waals surface area contributed by atoms with E-state index in [0.29, 0.717) is 22.9 Å². The van der Waals surface area contributed by atoms with Crippen molar-refractivity contribution in [3.05, 3.63) is 109 Å². The van der Waals surface area contributed by atoms with E-state index in [4.69, 9.17) is 9.47 Å². The lowest BCUT2D eigenvalue weighted by molar-refractivity contribution is 0.417. The first-order valence-corrected chi connectivity index (χ1v) is 13.7. The fourth-order valence-corrected chi connectivity index (χ4v) is 5.25. The third-order valence-corrected chi connectivity index (χ3v) is 7.57. The standard InChI is InChI=1S/2C13H13NO3S/c2*1-17-13-10-6-5-9-12(13)14-18(15,16)11-7-3-2-4-8-11/h2*2-10,14H,1H3. The van der Waals surface area contributed by atoms with Crippen molar-refractivity contribution in [1.29, 1.82) is 0 Å². The molecule has 36 heavy (non-hydrogen) atoms. The van der Waals surface area contributed by atoms with Crippen molar-refractivity contribution in [2.24, 2.45) is 0 Å². The number of rotatable bonds is 8. The first-order valence-electron chi connectivity index (χ1n) is 10.7. The molecule has 0 amide bonds. The first kappa shape index (κ1) is 26.6. The van der Waals surface area contributed by atoms with Crippen molar-refractivity contribution in [3.8, 4) is 11.5 Å². The number of para-hydroxylation sites is 4. The predicted octanol–water partition coefficient (Wildman–Crippen LogP) is 4.99. The average Bonchev–Trinajstić information content (AvgIpc) is 2.90. The van der Waals surface area contributed by atoms with Crippen molar-refractivity contribution in [3.63, 3.8) is 0 Å². The normalized spacial score (nSPS) is 10.9. The van der Waals surface area contributed by atoms with Crippen LogP contribution in [-0.2, 0) is 20.0 Å². The topological polar surface area (TPSA) is 111 Å². The van der Waals surface area contributed by atoms with E-state index in [1.54, 1.807) is 84.9 Å². The van der Waals surface area contributed by atoms with Crippen molar-refractivity contribution in [1.82, 2.24) is 0 Å². The second-order valence-electron chi connectivity index (χ2n) is 7.24. The van der Waals surface area contributed by atoms with Crippen LogP contribution in [-0.4, -0.2) is 31.1 Å². The van der Waals surface area contributed by atoms with Gasteiger partial charge < -0.3 is 9.47 Å². The van der Waals surface area contributed by atoms with Gasteiger partial charge in [0, 0.05) is 0 Å². The molecule has 0 radical (unpaired) electrons. The lowest BCUT2D eigenvalue weighted by atomic mass is 10.3. The average molecular weight is 527 g/mol. The van der Waals surface area contributed by atoms with E-state index in [1.165, 1.54) is 38.5 Å². The molecule has 8 nitrogen and oxygen atoms in total. The molecule has 0 aliphatic carbocycles. The van der Waals surface area contributed by atoms with Crippen molar-refractivity contribution < 1.29 is 26.3 Å². The Hall–Kier alpha value is -4.02. The van der Waals surface area contributed by atoms with Crippen molar-refractivity contribution in [2.45, 2.75) is 9.79 Å². The van der Waals surface area contributed by atoms with Gasteiger partial charge in [-0.25, -0.2) is 16.8 Å². The number of nitrogens with one attached hydrogen (secondary N) is 2. The van der Waals surface area contributed by atoms with Gasteiger partial charge in [0.05, 0.1) is 35.4 Å². The van der Waals surface area contributed by atoms with Gasteiger partial charge in [-0.3, -0.25) is 9.44 Å². The molecule has 4 aromatic carbocycles. The summed E-state index contributed by atoms with van der Waals surface area (Å²) in [6.07, 6.45) is 0. The van der Waals surface area contributed by atoms with E-state index in [1.807, 2.05) is 0 Å². The first-order chi connectivity index (χ1) is 17.3. The van der Waals surface area contributed by atoms with Gasteiger partial charge in [0.15, 0.2) is 0 Å². The molecule has 0 atom stereocenters. The summed E-state index contributed by atoms with van der Waals surface area (Å²) in [5.41, 5.74) is 0.840. The summed E-state index contributed by atoms with van der Waals surface area (Å²) in [6.45, 7) is 0. The minimum atomic E-state index is -3.58. The Bertz CT molecular complexity index is 1360. The molecule has 0 fully saturated rings. The zero-order valence-electron chi connectivity index (χ0n) is 19.7. The van der Waals surface area contributed by atoms with Crippen LogP contribution < -0.4 is 18.9 Å². The number of sulfonamides is 2. The highest BCUT2D eigenvalue weighted by molar-refractivity contribution is 7.93. The summed E-state index contributed by atoms with van der Waals surface area (Å²) in [4.78, 5) is 0.437. The third kappa shape index (κ3) is 7.00. The van der Waals surface area contributed by atoms with E-state index in [0.717, 1.165) is 0 Å².